The number of aromatic nitrogens is 1. The van der Waals surface area contributed by atoms with Crippen molar-refractivity contribution in [3.05, 3.63) is 231 Å². The van der Waals surface area contributed by atoms with Crippen LogP contribution in [-0.2, 0) is 0 Å². The van der Waals surface area contributed by atoms with Gasteiger partial charge >= 0.3 is 0 Å². The summed E-state index contributed by atoms with van der Waals surface area (Å²) in [5, 5.41) is 2.54. The molecule has 0 bridgehead atoms. The molecule has 2 heterocycles. The van der Waals surface area contributed by atoms with Crippen molar-refractivity contribution in [1.82, 2.24) is 4.57 Å². The lowest BCUT2D eigenvalue weighted by Crippen LogP contribution is -2.12. The highest BCUT2D eigenvalue weighted by molar-refractivity contribution is 7.27. The Morgan fingerprint density at radius 2 is 0.797 bits per heavy atom. The first-order chi connectivity index (χ1) is 29.3. The number of hydrogen-bond acceptors (Lipinski definition) is 2. The molecule has 9 aromatic carbocycles. The smallest absolute Gasteiger partial charge is 0.0727 e. The van der Waals surface area contributed by atoms with Crippen LogP contribution in [0.4, 0.5) is 17.1 Å². The van der Waals surface area contributed by atoms with Gasteiger partial charge in [0, 0.05) is 43.5 Å². The second-order valence-electron chi connectivity index (χ2n) is 14.9. The molecule has 0 atom stereocenters. The van der Waals surface area contributed by atoms with Crippen molar-refractivity contribution in [3.8, 4) is 50.2 Å². The predicted octanol–water partition coefficient (Wildman–Crippen LogP) is 16.1. The SMILES string of the molecule is c1ccc(-c2ccc(-c3ccccc3N(c3ccc(-c4ccccc4)cc3)c3ccccc3-c3cccc4c3sc3c5ccccc5n(-c5ccccc5)c43)cc2)cc1. The van der Waals surface area contributed by atoms with Crippen LogP contribution in [0, 0.1) is 0 Å². The highest BCUT2D eigenvalue weighted by Gasteiger charge is 2.24. The van der Waals surface area contributed by atoms with Gasteiger partial charge in [0.1, 0.15) is 0 Å². The van der Waals surface area contributed by atoms with Gasteiger partial charge in [0.2, 0.25) is 0 Å². The van der Waals surface area contributed by atoms with Gasteiger partial charge in [0.15, 0.2) is 0 Å². The Balaban J connectivity index is 1.12. The van der Waals surface area contributed by atoms with Crippen LogP contribution < -0.4 is 4.90 Å². The van der Waals surface area contributed by atoms with E-state index in [4.69, 9.17) is 0 Å². The molecule has 11 aromatic rings. The van der Waals surface area contributed by atoms with Crippen LogP contribution in [-0.4, -0.2) is 4.57 Å². The Hall–Kier alpha value is -7.46. The van der Waals surface area contributed by atoms with Crippen LogP contribution in [0.1, 0.15) is 0 Å². The maximum Gasteiger partial charge on any atom is 0.0727 e. The summed E-state index contributed by atoms with van der Waals surface area (Å²) in [7, 11) is 0. The van der Waals surface area contributed by atoms with E-state index in [1.165, 1.54) is 75.8 Å². The first kappa shape index (κ1) is 34.8. The van der Waals surface area contributed by atoms with Gasteiger partial charge in [-0.3, -0.25) is 0 Å². The van der Waals surface area contributed by atoms with Crippen LogP contribution >= 0.6 is 11.3 Å². The molecule has 2 nitrogen and oxygen atoms in total. The maximum atomic E-state index is 2.45. The number of thiophene rings is 1. The van der Waals surface area contributed by atoms with Gasteiger partial charge in [0.05, 0.1) is 27.1 Å². The second-order valence-corrected chi connectivity index (χ2v) is 15.9. The summed E-state index contributed by atoms with van der Waals surface area (Å²) >= 11 is 1.90. The third kappa shape index (κ3) is 6.12. The van der Waals surface area contributed by atoms with E-state index in [1.54, 1.807) is 0 Å². The van der Waals surface area contributed by atoms with Gasteiger partial charge in [-0.1, -0.05) is 188 Å². The number of anilines is 3. The minimum atomic E-state index is 1.09. The Kier molecular flexibility index (Phi) is 8.72. The lowest BCUT2D eigenvalue weighted by atomic mass is 9.96. The number of hydrogen-bond donors (Lipinski definition) is 0. The molecule has 0 spiro atoms. The molecule has 0 fully saturated rings. The van der Waals surface area contributed by atoms with Gasteiger partial charge in [-0.25, -0.2) is 0 Å². The zero-order valence-electron chi connectivity index (χ0n) is 32.2. The average molecular weight is 771 g/mol. The average Bonchev–Trinajstić information content (AvgIpc) is 3.86. The maximum absolute atomic E-state index is 2.45. The van der Waals surface area contributed by atoms with Crippen LogP contribution in [0.5, 0.6) is 0 Å². The van der Waals surface area contributed by atoms with Gasteiger partial charge in [-0.2, -0.15) is 0 Å². The van der Waals surface area contributed by atoms with Gasteiger partial charge < -0.3 is 9.47 Å². The monoisotopic (exact) mass is 770 g/mol. The van der Waals surface area contributed by atoms with Crippen molar-refractivity contribution < 1.29 is 0 Å². The molecule has 3 heteroatoms. The first-order valence-corrected chi connectivity index (χ1v) is 20.9. The van der Waals surface area contributed by atoms with E-state index in [0.29, 0.717) is 0 Å². The molecule has 11 rings (SSSR count). The zero-order valence-corrected chi connectivity index (χ0v) is 33.1. The zero-order chi connectivity index (χ0) is 39.1. The van der Waals surface area contributed by atoms with Gasteiger partial charge in [-0.15, -0.1) is 11.3 Å². The van der Waals surface area contributed by atoms with Crippen molar-refractivity contribution in [2.75, 3.05) is 4.90 Å². The number of rotatable bonds is 8. The van der Waals surface area contributed by atoms with E-state index in [0.717, 1.165) is 22.6 Å². The number of benzene rings is 9. The van der Waals surface area contributed by atoms with E-state index in [1.807, 2.05) is 11.3 Å². The molecule has 0 N–H and O–H groups in total. The minimum absolute atomic E-state index is 1.09. The third-order valence-corrected chi connectivity index (χ3v) is 12.7. The molecular weight excluding hydrogens is 733 g/mol. The summed E-state index contributed by atoms with van der Waals surface area (Å²) < 4.78 is 5.03. The molecule has 0 aliphatic heterocycles. The summed E-state index contributed by atoms with van der Waals surface area (Å²) in [6.45, 7) is 0. The quantitative estimate of drug-likeness (QED) is 0.149. The molecule has 2 aromatic heterocycles. The molecule has 0 radical (unpaired) electrons. The fourth-order valence-corrected chi connectivity index (χ4v) is 10.0. The topological polar surface area (TPSA) is 8.17 Å². The van der Waals surface area contributed by atoms with Crippen molar-refractivity contribution in [1.29, 1.82) is 0 Å². The van der Waals surface area contributed by atoms with Crippen LogP contribution in [0.2, 0.25) is 0 Å². The highest BCUT2D eigenvalue weighted by Crippen LogP contribution is 2.50. The Morgan fingerprint density at radius 3 is 1.47 bits per heavy atom. The Morgan fingerprint density at radius 1 is 0.322 bits per heavy atom. The molecule has 59 heavy (non-hydrogen) atoms. The van der Waals surface area contributed by atoms with Gasteiger partial charge in [0.25, 0.3) is 0 Å². The molecule has 278 valence electrons. The normalized spacial score (nSPS) is 11.4. The van der Waals surface area contributed by atoms with E-state index in [9.17, 15) is 0 Å². The minimum Gasteiger partial charge on any atom is -0.309 e. The molecular formula is C56H38N2S. The van der Waals surface area contributed by atoms with E-state index in [2.05, 4.69) is 240 Å². The lowest BCUT2D eigenvalue weighted by Gasteiger charge is -2.30. The highest BCUT2D eigenvalue weighted by atomic mass is 32.1. The van der Waals surface area contributed by atoms with E-state index < -0.39 is 0 Å². The standard InChI is InChI=1S/C56H38N2S/c1-4-17-39(18-5-1)41-31-33-43(34-32-41)46-23-10-13-28-51(46)57(45-37-35-42(36-38-45)40-19-6-2-7-20-40)52-29-14-11-24-47(52)48-26-16-27-50-54-56(59-55(48)50)49-25-12-15-30-53(49)58(54)44-21-8-3-9-22-44/h1-38H. The van der Waals surface area contributed by atoms with E-state index >= 15 is 0 Å². The second kappa shape index (κ2) is 14.8. The van der Waals surface area contributed by atoms with Crippen molar-refractivity contribution >= 4 is 59.6 Å². The van der Waals surface area contributed by atoms with Crippen LogP contribution in [0.3, 0.4) is 0 Å². The molecule has 0 unspecified atom stereocenters. The third-order valence-electron chi connectivity index (χ3n) is 11.4. The fraction of sp³-hybridized carbons (Fsp3) is 0. The number of fused-ring (bicyclic) bond motifs is 5. The molecule has 0 saturated heterocycles. The number of para-hydroxylation sites is 4. The largest absolute Gasteiger partial charge is 0.309 e. The molecule has 0 aliphatic carbocycles. The summed E-state index contributed by atoms with van der Waals surface area (Å²) in [4.78, 5) is 2.45. The lowest BCUT2D eigenvalue weighted by molar-refractivity contribution is 1.19. The van der Waals surface area contributed by atoms with Crippen LogP contribution in [0.15, 0.2) is 231 Å². The van der Waals surface area contributed by atoms with Crippen molar-refractivity contribution in [2.24, 2.45) is 0 Å². The van der Waals surface area contributed by atoms with Gasteiger partial charge in [-0.05, 0) is 70.3 Å². The molecule has 0 aliphatic rings. The first-order valence-electron chi connectivity index (χ1n) is 20.1. The summed E-state index contributed by atoms with van der Waals surface area (Å²) in [5.74, 6) is 0. The fourth-order valence-electron chi connectivity index (χ4n) is 8.67. The molecule has 0 amide bonds. The predicted molar refractivity (Wildman–Crippen MR) is 253 cm³/mol. The summed E-state index contributed by atoms with van der Waals surface area (Å²) in [6, 6.07) is 83.4. The van der Waals surface area contributed by atoms with Crippen molar-refractivity contribution in [2.45, 2.75) is 0 Å². The summed E-state index contributed by atoms with van der Waals surface area (Å²) in [6.07, 6.45) is 0. The Labute approximate surface area is 348 Å². The number of nitrogens with zero attached hydrogens (tertiary/aromatic N) is 2. The van der Waals surface area contributed by atoms with Crippen molar-refractivity contribution in [3.63, 3.8) is 0 Å². The van der Waals surface area contributed by atoms with E-state index in [-0.39, 0.29) is 0 Å². The van der Waals surface area contributed by atoms with Crippen LogP contribution in [0.25, 0.3) is 81.4 Å². The summed E-state index contributed by atoms with van der Waals surface area (Å²) in [5.41, 5.74) is 16.5. The molecule has 0 saturated carbocycles. The Bertz CT molecular complexity index is 3240.